The van der Waals surface area contributed by atoms with Crippen LogP contribution in [0.25, 0.3) is 34.4 Å². The molecule has 0 fully saturated rings. The fourth-order valence-electron chi connectivity index (χ4n) is 2.22. The molecule has 0 unspecified atom stereocenters. The van der Waals surface area contributed by atoms with Crippen LogP contribution in [-0.4, -0.2) is 29.9 Å². The molecule has 0 radical (unpaired) electrons. The van der Waals surface area contributed by atoms with Crippen LogP contribution in [0.15, 0.2) is 73.3 Å². The van der Waals surface area contributed by atoms with Crippen LogP contribution < -0.4 is 0 Å². The van der Waals surface area contributed by atoms with Crippen molar-refractivity contribution in [2.45, 2.75) is 13.8 Å². The van der Waals surface area contributed by atoms with Crippen molar-refractivity contribution in [3.63, 3.8) is 0 Å². The lowest BCUT2D eigenvalue weighted by atomic mass is 10.2. The van der Waals surface area contributed by atoms with Gasteiger partial charge in [0.25, 0.3) is 0 Å². The molecule has 4 aromatic heterocycles. The summed E-state index contributed by atoms with van der Waals surface area (Å²) in [6.45, 7) is 4.00. The Morgan fingerprint density at radius 1 is 0.577 bits per heavy atom. The molecule has 0 saturated carbocycles. The van der Waals surface area contributed by atoms with Crippen molar-refractivity contribution in [3.8, 4) is 34.4 Å². The maximum atomic E-state index is 4.55. The van der Waals surface area contributed by atoms with Crippen molar-refractivity contribution < 1.29 is 0 Å². The third-order valence-corrected chi connectivity index (χ3v) is 3.34. The van der Waals surface area contributed by atoms with Gasteiger partial charge >= 0.3 is 0 Å². The molecule has 0 amide bonds. The van der Waals surface area contributed by atoms with Gasteiger partial charge in [0, 0.05) is 30.4 Å². The van der Waals surface area contributed by atoms with Gasteiger partial charge in [0.1, 0.15) is 11.4 Å². The first-order chi connectivity index (χ1) is 12.9. The van der Waals surface area contributed by atoms with Crippen LogP contribution in [-0.2, 0) is 0 Å². The topological polar surface area (TPSA) is 77.3 Å². The molecule has 26 heavy (non-hydrogen) atoms. The van der Waals surface area contributed by atoms with Gasteiger partial charge in [0.15, 0.2) is 17.5 Å². The van der Waals surface area contributed by atoms with E-state index in [0.29, 0.717) is 28.9 Å². The number of hydrogen-bond donors (Lipinski definition) is 0. The fourth-order valence-corrected chi connectivity index (χ4v) is 2.22. The fraction of sp³-hybridized carbons (Fsp3) is 0.100. The lowest BCUT2D eigenvalue weighted by molar-refractivity contribution is 1.04. The van der Waals surface area contributed by atoms with Crippen LogP contribution in [0.3, 0.4) is 0 Å². The molecule has 6 heteroatoms. The summed E-state index contributed by atoms with van der Waals surface area (Å²) in [5, 5.41) is 0. The maximum absolute atomic E-state index is 4.55. The van der Waals surface area contributed by atoms with E-state index in [0.717, 1.165) is 5.56 Å². The van der Waals surface area contributed by atoms with Gasteiger partial charge < -0.3 is 0 Å². The van der Waals surface area contributed by atoms with Crippen LogP contribution >= 0.6 is 0 Å². The molecular formula is C20H18N6. The summed E-state index contributed by atoms with van der Waals surface area (Å²) in [5.74, 6) is 1.55. The molecule has 0 spiro atoms. The van der Waals surface area contributed by atoms with Crippen molar-refractivity contribution in [2.24, 2.45) is 0 Å². The summed E-state index contributed by atoms with van der Waals surface area (Å²) in [7, 11) is 0. The molecule has 0 N–H and O–H groups in total. The lowest BCUT2D eigenvalue weighted by Crippen LogP contribution is -2.01. The molecule has 0 atom stereocenters. The molecule has 6 nitrogen and oxygen atoms in total. The van der Waals surface area contributed by atoms with Crippen molar-refractivity contribution in [1.82, 2.24) is 29.9 Å². The van der Waals surface area contributed by atoms with Gasteiger partial charge in [-0.1, -0.05) is 26.0 Å². The van der Waals surface area contributed by atoms with E-state index in [1.165, 1.54) is 0 Å². The largest absolute Gasteiger partial charge is 0.264 e. The Balaban J connectivity index is 0.000000948. The Morgan fingerprint density at radius 2 is 1.15 bits per heavy atom. The normalized spacial score (nSPS) is 9.92. The average Bonchev–Trinajstić information content (AvgIpc) is 2.77. The van der Waals surface area contributed by atoms with Crippen LogP contribution in [0.2, 0.25) is 0 Å². The molecule has 0 aliphatic rings. The highest BCUT2D eigenvalue weighted by molar-refractivity contribution is 5.62. The second kappa shape index (κ2) is 8.53. The van der Waals surface area contributed by atoms with Gasteiger partial charge in [-0.25, -0.2) is 15.0 Å². The van der Waals surface area contributed by atoms with Gasteiger partial charge in [0.05, 0.1) is 0 Å². The zero-order valence-corrected chi connectivity index (χ0v) is 14.6. The van der Waals surface area contributed by atoms with Gasteiger partial charge in [0.2, 0.25) is 0 Å². The van der Waals surface area contributed by atoms with E-state index in [9.17, 15) is 0 Å². The summed E-state index contributed by atoms with van der Waals surface area (Å²) in [6.07, 6.45) is 6.86. The molecular weight excluding hydrogens is 324 g/mol. The van der Waals surface area contributed by atoms with Crippen molar-refractivity contribution in [2.75, 3.05) is 0 Å². The highest BCUT2D eigenvalue weighted by Gasteiger charge is 2.13. The molecule has 0 aromatic carbocycles. The third-order valence-electron chi connectivity index (χ3n) is 3.34. The first kappa shape index (κ1) is 17.3. The number of pyridine rings is 3. The van der Waals surface area contributed by atoms with E-state index >= 15 is 0 Å². The lowest BCUT2D eigenvalue weighted by Gasteiger charge is -2.06. The molecule has 128 valence electrons. The smallest absolute Gasteiger partial charge is 0.182 e. The zero-order valence-electron chi connectivity index (χ0n) is 14.6. The number of hydrogen-bond acceptors (Lipinski definition) is 6. The first-order valence-corrected chi connectivity index (χ1v) is 8.39. The molecule has 0 saturated heterocycles. The Morgan fingerprint density at radius 3 is 1.62 bits per heavy atom. The molecule has 0 aliphatic heterocycles. The summed E-state index contributed by atoms with van der Waals surface area (Å²) in [6, 6.07) is 15.0. The minimum Gasteiger partial charge on any atom is -0.264 e. The van der Waals surface area contributed by atoms with Crippen molar-refractivity contribution in [3.05, 3.63) is 73.3 Å². The van der Waals surface area contributed by atoms with E-state index in [4.69, 9.17) is 0 Å². The Bertz CT molecular complexity index is 804. The second-order valence-corrected chi connectivity index (χ2v) is 4.98. The minimum atomic E-state index is 0.505. The monoisotopic (exact) mass is 342 g/mol. The quantitative estimate of drug-likeness (QED) is 0.558. The van der Waals surface area contributed by atoms with E-state index in [-0.39, 0.29) is 0 Å². The Hall–Kier alpha value is -3.54. The predicted octanol–water partition coefficient (Wildman–Crippen LogP) is 4.08. The minimum absolute atomic E-state index is 0.505. The predicted molar refractivity (Wildman–Crippen MR) is 101 cm³/mol. The van der Waals surface area contributed by atoms with Gasteiger partial charge in [-0.15, -0.1) is 0 Å². The van der Waals surface area contributed by atoms with Crippen LogP contribution in [0.4, 0.5) is 0 Å². The van der Waals surface area contributed by atoms with E-state index in [2.05, 4.69) is 29.9 Å². The van der Waals surface area contributed by atoms with Gasteiger partial charge in [-0.2, -0.15) is 0 Å². The van der Waals surface area contributed by atoms with Gasteiger partial charge in [-0.05, 0) is 36.4 Å². The maximum Gasteiger partial charge on any atom is 0.182 e. The summed E-state index contributed by atoms with van der Waals surface area (Å²) in [4.78, 5) is 26.4. The molecule has 4 aromatic rings. The van der Waals surface area contributed by atoms with Crippen molar-refractivity contribution in [1.29, 1.82) is 0 Å². The summed E-state index contributed by atoms with van der Waals surface area (Å²) >= 11 is 0. The summed E-state index contributed by atoms with van der Waals surface area (Å²) in [5.41, 5.74) is 2.18. The molecule has 4 rings (SSSR count). The molecule has 4 heterocycles. The van der Waals surface area contributed by atoms with Crippen LogP contribution in [0.1, 0.15) is 13.8 Å². The standard InChI is InChI=1S/C18H12N6.C2H6/c1-3-10-20-14(7-1)17-22-16(13-6-5-9-19-12-13)23-18(24-17)15-8-2-4-11-21-15;1-2/h1-12H;1-2H3. The van der Waals surface area contributed by atoms with Crippen LogP contribution in [0.5, 0.6) is 0 Å². The van der Waals surface area contributed by atoms with Crippen molar-refractivity contribution >= 4 is 0 Å². The molecule has 0 bridgehead atoms. The highest BCUT2D eigenvalue weighted by atomic mass is 15.1. The van der Waals surface area contributed by atoms with E-state index in [1.807, 2.05) is 62.4 Å². The Labute approximate surface area is 152 Å². The summed E-state index contributed by atoms with van der Waals surface area (Å²) < 4.78 is 0. The first-order valence-electron chi connectivity index (χ1n) is 8.39. The highest BCUT2D eigenvalue weighted by Crippen LogP contribution is 2.21. The third kappa shape index (κ3) is 3.92. The van der Waals surface area contributed by atoms with Gasteiger partial charge in [-0.3, -0.25) is 15.0 Å². The Kier molecular flexibility index (Phi) is 5.67. The average molecular weight is 342 g/mol. The SMILES string of the molecule is CC.c1ccc(-c2nc(-c3cccnc3)nc(-c3ccccn3)n2)nc1. The zero-order chi connectivity index (χ0) is 18.2. The number of rotatable bonds is 3. The molecule has 0 aliphatic carbocycles. The van der Waals surface area contributed by atoms with Crippen LogP contribution in [0, 0.1) is 0 Å². The number of aromatic nitrogens is 6. The van der Waals surface area contributed by atoms with E-state index < -0.39 is 0 Å². The van der Waals surface area contributed by atoms with E-state index in [1.54, 1.807) is 24.8 Å². The second-order valence-electron chi connectivity index (χ2n) is 4.98. The number of nitrogens with zero attached hydrogens (tertiary/aromatic N) is 6.